The van der Waals surface area contributed by atoms with Crippen molar-refractivity contribution in [2.75, 3.05) is 5.32 Å². The van der Waals surface area contributed by atoms with Gasteiger partial charge in [0.05, 0.1) is 5.69 Å². The number of rotatable bonds is 5. The lowest BCUT2D eigenvalue weighted by Gasteiger charge is -2.24. The van der Waals surface area contributed by atoms with Crippen molar-refractivity contribution in [2.24, 2.45) is 0 Å². The van der Waals surface area contributed by atoms with Crippen LogP contribution in [0.25, 0.3) is 5.82 Å². The van der Waals surface area contributed by atoms with Crippen LogP contribution in [0.2, 0.25) is 0 Å². The Hall–Kier alpha value is -4.27. The molecule has 0 aliphatic carbocycles. The number of pyridine rings is 1. The third kappa shape index (κ3) is 3.76. The molecule has 0 bridgehead atoms. The number of hydrogen-bond donors (Lipinski definition) is 2. The molecule has 4 heterocycles. The number of fused-ring (bicyclic) bond motifs is 1. The summed E-state index contributed by atoms with van der Waals surface area (Å²) in [5, 5.41) is 13.9. The Bertz CT molecular complexity index is 1330. The second kappa shape index (κ2) is 8.10. The van der Waals surface area contributed by atoms with Crippen LogP contribution in [0, 0.1) is 6.92 Å². The van der Waals surface area contributed by atoms with Crippen molar-refractivity contribution in [1.29, 1.82) is 0 Å². The zero-order valence-electron chi connectivity index (χ0n) is 17.3. The molecule has 4 aromatic rings. The van der Waals surface area contributed by atoms with E-state index in [2.05, 4.69) is 25.6 Å². The Labute approximate surface area is 183 Å². The number of aromatic nitrogens is 5. The van der Waals surface area contributed by atoms with Crippen molar-refractivity contribution < 1.29 is 9.53 Å². The molecular formula is C23H20N6O3. The quantitative estimate of drug-likeness (QED) is 0.505. The molecule has 32 heavy (non-hydrogen) atoms. The molecule has 0 fully saturated rings. The molecule has 1 aromatic carbocycles. The van der Waals surface area contributed by atoms with Gasteiger partial charge in [-0.05, 0) is 36.8 Å². The van der Waals surface area contributed by atoms with Gasteiger partial charge in [0.2, 0.25) is 5.91 Å². The van der Waals surface area contributed by atoms with E-state index in [9.17, 15) is 9.59 Å². The molecule has 1 atom stereocenters. The zero-order chi connectivity index (χ0) is 22.1. The second-order valence-corrected chi connectivity index (χ2v) is 7.57. The monoisotopic (exact) mass is 428 g/mol. The fourth-order valence-corrected chi connectivity index (χ4v) is 3.92. The minimum atomic E-state index is -0.309. The number of aryl methyl sites for hydroxylation is 1. The van der Waals surface area contributed by atoms with Crippen LogP contribution in [-0.4, -0.2) is 30.9 Å². The summed E-state index contributed by atoms with van der Waals surface area (Å²) in [4.78, 5) is 28.1. The Balaban J connectivity index is 1.49. The molecule has 0 radical (unpaired) electrons. The summed E-state index contributed by atoms with van der Waals surface area (Å²) in [5.74, 6) is 1.40. The highest BCUT2D eigenvalue weighted by Gasteiger charge is 2.33. The fourth-order valence-electron chi connectivity index (χ4n) is 3.92. The summed E-state index contributed by atoms with van der Waals surface area (Å²) < 4.78 is 7.50. The molecule has 2 N–H and O–H groups in total. The third-order valence-corrected chi connectivity index (χ3v) is 5.37. The summed E-state index contributed by atoms with van der Waals surface area (Å²) in [6.07, 6.45) is 3.79. The maximum atomic E-state index is 12.6. The van der Waals surface area contributed by atoms with E-state index < -0.39 is 0 Å². The molecule has 5 rings (SSSR count). The SMILES string of the molecule is Cc1nn(-c2ccc(=O)[nH]n2)c2c1[C@H](c1cccc(OCc3cccnc3)c1)CC(=O)N2. The Morgan fingerprint density at radius 1 is 1.16 bits per heavy atom. The van der Waals surface area contributed by atoms with E-state index in [4.69, 9.17) is 4.74 Å². The number of nitrogens with zero attached hydrogens (tertiary/aromatic N) is 4. The minimum Gasteiger partial charge on any atom is -0.489 e. The fraction of sp³-hybridized carbons (Fsp3) is 0.174. The maximum Gasteiger partial charge on any atom is 0.264 e. The summed E-state index contributed by atoms with van der Waals surface area (Å²) >= 11 is 0. The maximum absolute atomic E-state index is 12.6. The molecule has 0 unspecified atom stereocenters. The van der Waals surface area contributed by atoms with Crippen molar-refractivity contribution in [3.05, 3.63) is 93.7 Å². The first-order valence-corrected chi connectivity index (χ1v) is 10.2. The van der Waals surface area contributed by atoms with E-state index >= 15 is 0 Å². The average Bonchev–Trinajstić information content (AvgIpc) is 3.14. The first-order valence-electron chi connectivity index (χ1n) is 10.2. The van der Waals surface area contributed by atoms with Crippen LogP contribution >= 0.6 is 0 Å². The molecular weight excluding hydrogens is 408 g/mol. The topological polar surface area (TPSA) is 115 Å². The van der Waals surface area contributed by atoms with Gasteiger partial charge >= 0.3 is 0 Å². The predicted molar refractivity (Wildman–Crippen MR) is 117 cm³/mol. The summed E-state index contributed by atoms with van der Waals surface area (Å²) in [6, 6.07) is 14.5. The number of amides is 1. The van der Waals surface area contributed by atoms with Crippen molar-refractivity contribution in [2.45, 2.75) is 25.9 Å². The highest BCUT2D eigenvalue weighted by atomic mass is 16.5. The molecule has 0 saturated heterocycles. The van der Waals surface area contributed by atoms with E-state index in [1.165, 1.54) is 6.07 Å². The highest BCUT2D eigenvalue weighted by Crippen LogP contribution is 2.40. The van der Waals surface area contributed by atoms with Crippen LogP contribution in [-0.2, 0) is 11.4 Å². The Morgan fingerprint density at radius 3 is 2.84 bits per heavy atom. The number of H-pyrrole nitrogens is 1. The number of carbonyl (C=O) groups excluding carboxylic acids is 1. The molecule has 9 nitrogen and oxygen atoms in total. The van der Waals surface area contributed by atoms with E-state index in [-0.39, 0.29) is 17.4 Å². The predicted octanol–water partition coefficient (Wildman–Crippen LogP) is 2.71. The van der Waals surface area contributed by atoms with Crippen LogP contribution in [0.3, 0.4) is 0 Å². The van der Waals surface area contributed by atoms with Crippen molar-refractivity contribution >= 4 is 11.7 Å². The van der Waals surface area contributed by atoms with Crippen LogP contribution in [0.15, 0.2) is 65.7 Å². The Kier molecular flexibility index (Phi) is 4.98. The lowest BCUT2D eigenvalue weighted by atomic mass is 9.86. The van der Waals surface area contributed by atoms with Gasteiger partial charge in [-0.3, -0.25) is 14.6 Å². The van der Waals surface area contributed by atoms with Crippen molar-refractivity contribution in [3.63, 3.8) is 0 Å². The number of ether oxygens (including phenoxy) is 1. The zero-order valence-corrected chi connectivity index (χ0v) is 17.3. The van der Waals surface area contributed by atoms with Crippen LogP contribution in [0.4, 0.5) is 5.82 Å². The van der Waals surface area contributed by atoms with Gasteiger partial charge in [0.1, 0.15) is 18.2 Å². The number of hydrogen-bond acceptors (Lipinski definition) is 6. The van der Waals surface area contributed by atoms with Gasteiger partial charge in [0, 0.05) is 41.9 Å². The Morgan fingerprint density at radius 2 is 2.06 bits per heavy atom. The van der Waals surface area contributed by atoms with E-state index in [1.807, 2.05) is 43.3 Å². The van der Waals surface area contributed by atoms with E-state index in [1.54, 1.807) is 23.1 Å². The minimum absolute atomic E-state index is 0.116. The lowest BCUT2D eigenvalue weighted by molar-refractivity contribution is -0.116. The first kappa shape index (κ1) is 19.7. The van der Waals surface area contributed by atoms with Gasteiger partial charge in [0.15, 0.2) is 5.82 Å². The van der Waals surface area contributed by atoms with Crippen molar-refractivity contribution in [3.8, 4) is 11.6 Å². The molecule has 1 aliphatic heterocycles. The number of anilines is 1. The van der Waals surface area contributed by atoms with Gasteiger partial charge in [-0.2, -0.15) is 14.9 Å². The van der Waals surface area contributed by atoms with Gasteiger partial charge in [-0.1, -0.05) is 18.2 Å². The first-order chi connectivity index (χ1) is 15.6. The molecule has 1 aliphatic rings. The van der Waals surface area contributed by atoms with Gasteiger partial charge in [-0.15, -0.1) is 0 Å². The second-order valence-electron chi connectivity index (χ2n) is 7.57. The summed E-state index contributed by atoms with van der Waals surface area (Å²) in [5.41, 5.74) is 3.32. The summed E-state index contributed by atoms with van der Waals surface area (Å²) in [6.45, 7) is 2.30. The molecule has 9 heteroatoms. The third-order valence-electron chi connectivity index (χ3n) is 5.37. The molecule has 3 aromatic heterocycles. The lowest BCUT2D eigenvalue weighted by Crippen LogP contribution is -2.25. The number of benzene rings is 1. The molecule has 1 amide bonds. The summed E-state index contributed by atoms with van der Waals surface area (Å²) in [7, 11) is 0. The van der Waals surface area contributed by atoms with Crippen LogP contribution in [0.1, 0.15) is 34.7 Å². The standard InChI is InChI=1S/C23H20N6O3/c1-14-22-18(16-5-2-6-17(10-16)32-13-15-4-3-9-24-12-15)11-21(31)25-23(22)29(28-14)19-7-8-20(30)27-26-19/h2-10,12,18H,11,13H2,1H3,(H,25,31)(H,27,30)/t18-/m0/s1. The number of carbonyl (C=O) groups is 1. The van der Waals surface area contributed by atoms with E-state index in [0.29, 0.717) is 30.4 Å². The molecule has 0 spiro atoms. The largest absolute Gasteiger partial charge is 0.489 e. The molecule has 160 valence electrons. The van der Waals surface area contributed by atoms with Gasteiger partial charge in [-0.25, -0.2) is 5.10 Å². The van der Waals surface area contributed by atoms with Crippen molar-refractivity contribution in [1.82, 2.24) is 25.0 Å². The van der Waals surface area contributed by atoms with Gasteiger partial charge < -0.3 is 10.1 Å². The smallest absolute Gasteiger partial charge is 0.264 e. The average molecular weight is 428 g/mol. The normalized spacial score (nSPS) is 15.2. The van der Waals surface area contributed by atoms with E-state index in [0.717, 1.165) is 22.4 Å². The van der Waals surface area contributed by atoms with Crippen LogP contribution in [0.5, 0.6) is 5.75 Å². The number of aromatic amines is 1. The molecule has 0 saturated carbocycles. The number of nitrogens with one attached hydrogen (secondary N) is 2. The van der Waals surface area contributed by atoms with Crippen LogP contribution < -0.4 is 15.6 Å². The highest BCUT2D eigenvalue weighted by molar-refractivity contribution is 5.95. The van der Waals surface area contributed by atoms with Gasteiger partial charge in [0.25, 0.3) is 5.56 Å².